The molecule has 0 bridgehead atoms. The van der Waals surface area contributed by atoms with E-state index < -0.39 is 5.47 Å². The lowest BCUT2D eigenvalue weighted by Crippen LogP contribution is -2.19. The quantitative estimate of drug-likeness (QED) is 0.458. The van der Waals surface area contributed by atoms with Crippen LogP contribution < -0.4 is 10.1 Å². The second kappa shape index (κ2) is 8.60. The summed E-state index contributed by atoms with van der Waals surface area (Å²) in [5.74, 6) is 0.653. The largest absolute Gasteiger partial charge is 0.489 e. The summed E-state index contributed by atoms with van der Waals surface area (Å²) in [6.45, 7) is 6.12. The summed E-state index contributed by atoms with van der Waals surface area (Å²) in [5.41, 5.74) is 2.87. The van der Waals surface area contributed by atoms with Gasteiger partial charge in [-0.15, -0.1) is 6.58 Å². The molecule has 4 nitrogen and oxygen atoms in total. The van der Waals surface area contributed by atoms with Gasteiger partial charge >= 0.3 is 0 Å². The number of amides is 1. The summed E-state index contributed by atoms with van der Waals surface area (Å²) in [6, 6.07) is 13.0. The Balaban J connectivity index is 1.67. The molecule has 0 unspecified atom stereocenters. The number of aromatic amines is 1. The number of carbonyl (C=O) groups is 1. The van der Waals surface area contributed by atoms with Crippen LogP contribution in [0.15, 0.2) is 60.8 Å². The van der Waals surface area contributed by atoms with Crippen molar-refractivity contribution in [1.82, 2.24) is 4.98 Å². The number of ether oxygens (including phenoxy) is 1. The first-order valence-corrected chi connectivity index (χ1v) is 9.69. The molecule has 148 valence electrons. The van der Waals surface area contributed by atoms with Gasteiger partial charge in [0.15, 0.2) is 0 Å². The molecular formula is C22H25B2FN2O2. The van der Waals surface area contributed by atoms with Gasteiger partial charge in [-0.2, -0.15) is 0 Å². The third-order valence-corrected chi connectivity index (χ3v) is 4.75. The van der Waals surface area contributed by atoms with Crippen molar-refractivity contribution in [2.24, 2.45) is 0 Å². The highest BCUT2D eigenvalue weighted by Gasteiger charge is 2.18. The van der Waals surface area contributed by atoms with Crippen LogP contribution in [0.5, 0.6) is 5.75 Å². The molecule has 0 radical (unpaired) electrons. The summed E-state index contributed by atoms with van der Waals surface area (Å²) in [6.07, 6.45) is 2.86. The summed E-state index contributed by atoms with van der Waals surface area (Å²) in [7, 11) is 3.08. The number of anilines is 1. The number of benzene rings is 2. The monoisotopic (exact) mass is 390 g/mol. The molecular weight excluding hydrogens is 365 g/mol. The second-order valence-electron chi connectivity index (χ2n) is 7.87. The maximum atomic E-state index is 14.0. The van der Waals surface area contributed by atoms with Crippen LogP contribution in [-0.4, -0.2) is 26.6 Å². The Kier molecular flexibility index (Phi) is 6.16. The van der Waals surface area contributed by atoms with Crippen molar-refractivity contribution in [2.45, 2.75) is 31.8 Å². The van der Waals surface area contributed by atoms with Crippen LogP contribution in [0, 0.1) is 0 Å². The van der Waals surface area contributed by atoms with Crippen LogP contribution >= 0.6 is 0 Å². The Morgan fingerprint density at radius 3 is 2.59 bits per heavy atom. The minimum absolute atomic E-state index is 0.0453. The van der Waals surface area contributed by atoms with Crippen molar-refractivity contribution in [2.75, 3.05) is 5.32 Å². The maximum absolute atomic E-state index is 14.0. The van der Waals surface area contributed by atoms with E-state index in [1.165, 1.54) is 0 Å². The van der Waals surface area contributed by atoms with Crippen molar-refractivity contribution in [3.63, 3.8) is 0 Å². The molecule has 0 aliphatic carbocycles. The van der Waals surface area contributed by atoms with Crippen molar-refractivity contribution in [3.05, 3.63) is 71.9 Å². The zero-order valence-electron chi connectivity index (χ0n) is 17.1. The number of nitrogens with one attached hydrogen (secondary N) is 2. The Morgan fingerprint density at radius 1 is 1.21 bits per heavy atom. The minimum Gasteiger partial charge on any atom is -0.489 e. The average Bonchev–Trinajstić information content (AvgIpc) is 3.06. The molecule has 1 amide bonds. The Morgan fingerprint density at radius 2 is 1.93 bits per heavy atom. The number of allylic oxidation sites excluding steroid dienone is 1. The van der Waals surface area contributed by atoms with Crippen molar-refractivity contribution >= 4 is 38.2 Å². The number of carbonyl (C=O) groups excluding carboxylic acids is 1. The molecule has 3 aromatic rings. The van der Waals surface area contributed by atoms with Crippen molar-refractivity contribution < 1.29 is 13.9 Å². The average molecular weight is 390 g/mol. The standard InChI is InChI=1S/C22H25B2FN2O2/c1-14(2)3-10-21(28)27-20-12-26-19-9-8-17(11-18(19)20)29-13-15-4-6-16(7-5-15)22(23,24)25/h4-9,11-12,26H,1,3,10,13,23-24H2,2H3,(H,27,28). The molecule has 0 aliphatic rings. The van der Waals surface area contributed by atoms with E-state index >= 15 is 0 Å². The molecule has 3 rings (SSSR count). The zero-order chi connectivity index (χ0) is 21.0. The van der Waals surface area contributed by atoms with Crippen LogP contribution in [0.4, 0.5) is 10.1 Å². The van der Waals surface area contributed by atoms with E-state index in [9.17, 15) is 9.18 Å². The van der Waals surface area contributed by atoms with E-state index in [4.69, 9.17) is 4.74 Å². The number of alkyl halides is 1. The van der Waals surface area contributed by atoms with Gasteiger partial charge in [0.25, 0.3) is 0 Å². The van der Waals surface area contributed by atoms with Gasteiger partial charge in [0.2, 0.25) is 5.91 Å². The van der Waals surface area contributed by atoms with Crippen LogP contribution in [0.1, 0.15) is 30.9 Å². The number of rotatable bonds is 8. The molecule has 0 fully saturated rings. The van der Waals surface area contributed by atoms with E-state index in [0.29, 0.717) is 30.8 Å². The SMILES string of the molecule is BC(B)(F)c1ccc(COc2ccc3[nH]cc(NC(=O)CCC(=C)C)c3c2)cc1. The van der Waals surface area contributed by atoms with Gasteiger partial charge in [-0.1, -0.05) is 29.8 Å². The summed E-state index contributed by atoms with van der Waals surface area (Å²) >= 11 is 0. The fourth-order valence-corrected chi connectivity index (χ4v) is 3.00. The molecule has 0 saturated heterocycles. The normalized spacial score (nSPS) is 11.4. The molecule has 7 heteroatoms. The maximum Gasteiger partial charge on any atom is 0.224 e. The number of halogens is 1. The Bertz CT molecular complexity index is 1020. The first-order valence-electron chi connectivity index (χ1n) is 9.69. The topological polar surface area (TPSA) is 54.1 Å². The molecule has 1 aromatic heterocycles. The van der Waals surface area contributed by atoms with Gasteiger partial charge in [0.05, 0.1) is 11.2 Å². The third-order valence-electron chi connectivity index (χ3n) is 4.75. The summed E-state index contributed by atoms with van der Waals surface area (Å²) in [4.78, 5) is 15.3. The Labute approximate surface area is 172 Å². The van der Waals surface area contributed by atoms with Crippen molar-refractivity contribution in [1.29, 1.82) is 0 Å². The van der Waals surface area contributed by atoms with Gasteiger partial charge < -0.3 is 15.0 Å². The molecule has 29 heavy (non-hydrogen) atoms. The van der Waals surface area contributed by atoms with Crippen molar-refractivity contribution in [3.8, 4) is 5.75 Å². The van der Waals surface area contributed by atoms with E-state index in [2.05, 4.69) is 16.9 Å². The van der Waals surface area contributed by atoms with Gasteiger partial charge in [0.1, 0.15) is 28.0 Å². The van der Waals surface area contributed by atoms with Crippen LogP contribution in [0.25, 0.3) is 10.9 Å². The minimum atomic E-state index is -1.36. The summed E-state index contributed by atoms with van der Waals surface area (Å²) in [5, 5.41) is 3.83. The zero-order valence-corrected chi connectivity index (χ0v) is 17.1. The predicted molar refractivity (Wildman–Crippen MR) is 122 cm³/mol. The van der Waals surface area contributed by atoms with E-state index in [1.54, 1.807) is 34.0 Å². The Hall–Kier alpha value is -2.95. The number of aromatic nitrogens is 1. The van der Waals surface area contributed by atoms with Gasteiger partial charge in [-0.05, 0) is 42.7 Å². The predicted octanol–water partition coefficient (Wildman–Crippen LogP) is 3.39. The molecule has 0 saturated carbocycles. The molecule has 0 aliphatic heterocycles. The first-order chi connectivity index (χ1) is 13.7. The molecule has 2 aromatic carbocycles. The van der Waals surface area contributed by atoms with E-state index in [1.807, 2.05) is 37.3 Å². The van der Waals surface area contributed by atoms with Crippen LogP contribution in [0.3, 0.4) is 0 Å². The lowest BCUT2D eigenvalue weighted by Gasteiger charge is -2.15. The summed E-state index contributed by atoms with van der Waals surface area (Å²) < 4.78 is 19.9. The van der Waals surface area contributed by atoms with Gasteiger partial charge in [0, 0.05) is 23.5 Å². The molecule has 0 spiro atoms. The highest BCUT2D eigenvalue weighted by molar-refractivity contribution is 6.38. The fraction of sp³-hybridized carbons (Fsp3) is 0.227. The fourth-order valence-electron chi connectivity index (χ4n) is 3.00. The number of hydrogen-bond donors (Lipinski definition) is 2. The number of fused-ring (bicyclic) bond motifs is 1. The third kappa shape index (κ3) is 5.53. The van der Waals surface area contributed by atoms with Gasteiger partial charge in [-0.25, -0.2) is 0 Å². The first kappa shape index (κ1) is 20.8. The highest BCUT2D eigenvalue weighted by Crippen LogP contribution is 2.28. The molecule has 0 atom stereocenters. The van der Waals surface area contributed by atoms with Crippen LogP contribution in [0.2, 0.25) is 0 Å². The van der Waals surface area contributed by atoms with Crippen LogP contribution in [-0.2, 0) is 16.9 Å². The van der Waals surface area contributed by atoms with E-state index in [-0.39, 0.29) is 5.91 Å². The highest BCUT2D eigenvalue weighted by atomic mass is 19.1. The second-order valence-corrected chi connectivity index (χ2v) is 7.87. The molecule has 1 heterocycles. The number of H-pyrrole nitrogens is 1. The lowest BCUT2D eigenvalue weighted by molar-refractivity contribution is -0.116. The van der Waals surface area contributed by atoms with E-state index in [0.717, 1.165) is 27.7 Å². The smallest absolute Gasteiger partial charge is 0.224 e. The lowest BCUT2D eigenvalue weighted by atomic mass is 9.63. The van der Waals surface area contributed by atoms with Gasteiger partial charge in [-0.3, -0.25) is 9.18 Å². The molecule has 2 N–H and O–H groups in total. The number of hydrogen-bond acceptors (Lipinski definition) is 2.